The maximum absolute atomic E-state index is 12.8. The number of hydrogen-bond acceptors (Lipinski definition) is 10. The Morgan fingerprint density at radius 1 is 0.279 bits per heavy atom. The Kier molecular flexibility index (Phi) is 45.9. The fourth-order valence-corrected chi connectivity index (χ4v) is 7.04. The molecule has 0 aliphatic rings. The van der Waals surface area contributed by atoms with E-state index in [1.54, 1.807) is 0 Å². The van der Waals surface area contributed by atoms with Crippen molar-refractivity contribution < 1.29 is 47.7 Å². The van der Waals surface area contributed by atoms with Crippen LogP contribution in [0.15, 0.2) is 0 Å². The van der Waals surface area contributed by atoms with Gasteiger partial charge in [0.25, 0.3) is 0 Å². The number of hydrogen-bond donors (Lipinski definition) is 8. The lowest BCUT2D eigenvalue weighted by molar-refractivity contribution is 0.0985. The van der Waals surface area contributed by atoms with Gasteiger partial charge in [-0.1, -0.05) is 169 Å². The lowest BCUT2D eigenvalue weighted by Gasteiger charge is -2.20. The third-order valence-electron chi connectivity index (χ3n) is 11.2. The van der Waals surface area contributed by atoms with Crippen molar-refractivity contribution in [2.75, 3.05) is 65.7 Å². The highest BCUT2D eigenvalue weighted by molar-refractivity contribution is 5.75. The molecule has 0 rings (SSSR count). The van der Waals surface area contributed by atoms with Crippen LogP contribution in [0.5, 0.6) is 0 Å². The van der Waals surface area contributed by atoms with Gasteiger partial charge in [0.15, 0.2) is 0 Å². The lowest BCUT2D eigenvalue weighted by Crippen LogP contribution is -2.48. The Hall–Kier alpha value is -4.38. The van der Waals surface area contributed by atoms with E-state index in [4.69, 9.17) is 18.9 Å². The van der Waals surface area contributed by atoms with E-state index in [0.29, 0.717) is 52.1 Å². The summed E-state index contributed by atoms with van der Waals surface area (Å²) in [6.45, 7) is 10.7. The Morgan fingerprint density at radius 2 is 0.471 bits per heavy atom. The van der Waals surface area contributed by atoms with Gasteiger partial charge < -0.3 is 61.5 Å². The first-order chi connectivity index (χ1) is 33.1. The Bertz CT molecular complexity index is 1090. The van der Waals surface area contributed by atoms with Crippen molar-refractivity contribution in [1.29, 1.82) is 0 Å². The number of nitrogens with one attached hydrogen (secondary N) is 8. The highest BCUT2D eigenvalue weighted by Crippen LogP contribution is 2.07. The molecule has 0 saturated carbocycles. The largest absolute Gasteiger partial charge is 0.447 e. The zero-order valence-electron chi connectivity index (χ0n) is 43.1. The molecule has 0 radical (unpaired) electrons. The minimum atomic E-state index is -0.761. The van der Waals surface area contributed by atoms with Crippen LogP contribution in [0.2, 0.25) is 0 Å². The van der Waals surface area contributed by atoms with Crippen LogP contribution in [0, 0.1) is 0 Å². The Labute approximate surface area is 410 Å². The average molecular weight is 971 g/mol. The van der Waals surface area contributed by atoms with E-state index >= 15 is 0 Å². The molecular formula is C50H98N8O10. The second-order valence-electron chi connectivity index (χ2n) is 17.8. The van der Waals surface area contributed by atoms with Gasteiger partial charge in [0.1, 0.15) is 26.4 Å². The van der Waals surface area contributed by atoms with Crippen LogP contribution in [0.1, 0.15) is 207 Å². The first kappa shape index (κ1) is 63.6. The topological polar surface area (TPSA) is 236 Å². The standard InChI is InChI=1S/C50H98N8O10/c1-5-9-13-17-21-29-35-53-47(61)65-39-43(40-66-48(62)54-36-30-22-18-14-10-6-2)57-45(59)51-33-27-25-26-28-34-52-46(60)58-44(41-67-49(63)55-37-31-23-19-15-11-7-3)42-68-50(64)56-38-32-24-20-16-12-8-4/h43-44H,5-42H2,1-4H3,(H,53,61)(H,54,62)(H,55,63)(H,56,64)(H2,51,57,59)(H2,52,58,60). The molecule has 0 saturated heterocycles. The smallest absolute Gasteiger partial charge is 0.407 e. The fourth-order valence-electron chi connectivity index (χ4n) is 7.04. The maximum Gasteiger partial charge on any atom is 0.407 e. The molecule has 398 valence electrons. The molecule has 0 atom stereocenters. The number of alkyl carbamates (subject to hydrolysis) is 4. The van der Waals surface area contributed by atoms with Crippen molar-refractivity contribution in [3.8, 4) is 0 Å². The SMILES string of the molecule is CCCCCCCCNC(=O)OCC(COC(=O)NCCCCCCCC)NC(=O)NCCCCCCNC(=O)NC(COC(=O)NCCCCCCCC)COC(=O)NCCCCCCCC. The number of carbonyl (C=O) groups is 6. The van der Waals surface area contributed by atoms with E-state index in [2.05, 4.69) is 70.2 Å². The monoisotopic (exact) mass is 971 g/mol. The molecule has 0 aliphatic carbocycles. The van der Waals surface area contributed by atoms with Crippen LogP contribution in [0.25, 0.3) is 0 Å². The summed E-state index contributed by atoms with van der Waals surface area (Å²) >= 11 is 0. The highest BCUT2D eigenvalue weighted by atomic mass is 16.6. The summed E-state index contributed by atoms with van der Waals surface area (Å²) in [6, 6.07) is -2.48. The number of rotatable bonds is 45. The van der Waals surface area contributed by atoms with Crippen molar-refractivity contribution in [3.05, 3.63) is 0 Å². The molecule has 68 heavy (non-hydrogen) atoms. The third kappa shape index (κ3) is 45.4. The van der Waals surface area contributed by atoms with E-state index in [9.17, 15) is 28.8 Å². The molecule has 0 bridgehead atoms. The lowest BCUT2D eigenvalue weighted by atomic mass is 10.1. The second kappa shape index (κ2) is 49.1. The summed E-state index contributed by atoms with van der Waals surface area (Å²) < 4.78 is 21.4. The molecule has 0 spiro atoms. The molecule has 0 heterocycles. The zero-order chi connectivity index (χ0) is 50.0. The van der Waals surface area contributed by atoms with Crippen LogP contribution in [-0.2, 0) is 18.9 Å². The second-order valence-corrected chi connectivity index (χ2v) is 17.8. The Morgan fingerprint density at radius 3 is 0.691 bits per heavy atom. The molecule has 8 amide bonds. The van der Waals surface area contributed by atoms with Crippen molar-refractivity contribution >= 4 is 36.4 Å². The van der Waals surface area contributed by atoms with E-state index < -0.39 is 48.5 Å². The number of carbonyl (C=O) groups excluding carboxylic acids is 6. The van der Waals surface area contributed by atoms with E-state index in [-0.39, 0.29) is 26.4 Å². The quantitative estimate of drug-likeness (QED) is 0.0212. The van der Waals surface area contributed by atoms with Crippen molar-refractivity contribution in [1.82, 2.24) is 42.5 Å². The van der Waals surface area contributed by atoms with Crippen LogP contribution in [0.3, 0.4) is 0 Å². The molecule has 0 aromatic heterocycles. The summed E-state index contributed by atoms with van der Waals surface area (Å²) in [6.07, 6.45) is 26.8. The summed E-state index contributed by atoms with van der Waals surface area (Å²) in [5, 5.41) is 22.1. The summed E-state index contributed by atoms with van der Waals surface area (Å²) in [4.78, 5) is 75.0. The number of ether oxygens (including phenoxy) is 4. The molecule has 18 nitrogen and oxygen atoms in total. The minimum absolute atomic E-state index is 0.175. The zero-order valence-corrected chi connectivity index (χ0v) is 43.1. The number of urea groups is 2. The highest BCUT2D eigenvalue weighted by Gasteiger charge is 2.19. The van der Waals surface area contributed by atoms with Gasteiger partial charge >= 0.3 is 36.4 Å². The maximum atomic E-state index is 12.8. The van der Waals surface area contributed by atoms with Gasteiger partial charge in [-0.05, 0) is 38.5 Å². The molecular weight excluding hydrogens is 873 g/mol. The molecule has 18 heteroatoms. The van der Waals surface area contributed by atoms with E-state index in [1.165, 1.54) is 77.0 Å². The summed E-state index contributed by atoms with van der Waals surface area (Å²) in [5.74, 6) is 0. The fraction of sp³-hybridized carbons (Fsp3) is 0.880. The summed E-state index contributed by atoms with van der Waals surface area (Å²) in [7, 11) is 0. The number of unbranched alkanes of at least 4 members (excludes halogenated alkanes) is 23. The van der Waals surface area contributed by atoms with Crippen molar-refractivity contribution in [2.24, 2.45) is 0 Å². The summed E-state index contributed by atoms with van der Waals surface area (Å²) in [5.41, 5.74) is 0. The molecule has 0 aliphatic heterocycles. The van der Waals surface area contributed by atoms with Crippen molar-refractivity contribution in [3.63, 3.8) is 0 Å². The van der Waals surface area contributed by atoms with Gasteiger partial charge in [-0.2, -0.15) is 0 Å². The van der Waals surface area contributed by atoms with Crippen LogP contribution in [-0.4, -0.2) is 114 Å². The van der Waals surface area contributed by atoms with Crippen LogP contribution < -0.4 is 42.5 Å². The average Bonchev–Trinajstić information content (AvgIpc) is 3.32. The predicted octanol–water partition coefficient (Wildman–Crippen LogP) is 10.2. The minimum Gasteiger partial charge on any atom is -0.447 e. The van der Waals surface area contributed by atoms with Gasteiger partial charge in [-0.15, -0.1) is 0 Å². The van der Waals surface area contributed by atoms with Crippen molar-refractivity contribution in [2.45, 2.75) is 220 Å². The molecule has 0 fully saturated rings. The van der Waals surface area contributed by atoms with Gasteiger partial charge in [0, 0.05) is 39.3 Å². The first-order valence-electron chi connectivity index (χ1n) is 26.9. The molecule has 8 N–H and O–H groups in total. The van der Waals surface area contributed by atoms with Crippen LogP contribution in [0.4, 0.5) is 28.8 Å². The van der Waals surface area contributed by atoms with Gasteiger partial charge in [0.05, 0.1) is 12.1 Å². The van der Waals surface area contributed by atoms with Gasteiger partial charge in [-0.25, -0.2) is 28.8 Å². The molecule has 0 unspecified atom stereocenters. The molecule has 0 aromatic carbocycles. The van der Waals surface area contributed by atoms with Crippen LogP contribution >= 0.6 is 0 Å². The Balaban J connectivity index is 4.75. The first-order valence-corrected chi connectivity index (χ1v) is 26.9. The van der Waals surface area contributed by atoms with Gasteiger partial charge in [-0.3, -0.25) is 0 Å². The number of amides is 8. The van der Waals surface area contributed by atoms with E-state index in [0.717, 1.165) is 89.9 Å². The van der Waals surface area contributed by atoms with E-state index in [1.807, 2.05) is 0 Å². The molecule has 0 aromatic rings. The van der Waals surface area contributed by atoms with Gasteiger partial charge in [0.2, 0.25) is 0 Å². The normalized spacial score (nSPS) is 10.9. The third-order valence-corrected chi connectivity index (χ3v) is 11.2. The predicted molar refractivity (Wildman–Crippen MR) is 270 cm³/mol.